The quantitative estimate of drug-likeness (QED) is 0.683. The number of halogens is 3. The predicted molar refractivity (Wildman–Crippen MR) is 51.9 cm³/mol. The number of fused-ring (bicyclic) bond motifs is 1. The predicted octanol–water partition coefficient (Wildman–Crippen LogP) is 3.13. The molecule has 1 nitrogen and oxygen atoms in total. The molecule has 1 aromatic rings. The molecular weight excluding hydrogens is 225 g/mol. The first-order valence-electron chi connectivity index (χ1n) is 4.29. The normalized spacial score (nSPS) is 16.3. The monoisotopic (exact) mass is 232 g/mol. The van der Waals surface area contributed by atoms with E-state index in [1.54, 1.807) is 0 Å². The van der Waals surface area contributed by atoms with Crippen LogP contribution in [-0.2, 0) is 11.9 Å². The molecule has 15 heavy (non-hydrogen) atoms. The largest absolute Gasteiger partial charge is 0.416 e. The molecule has 0 aromatic heterocycles. The van der Waals surface area contributed by atoms with Gasteiger partial charge in [-0.15, -0.1) is 11.8 Å². The third kappa shape index (κ3) is 2.02. The van der Waals surface area contributed by atoms with Gasteiger partial charge in [0.05, 0.1) is 11.3 Å². The molecule has 0 radical (unpaired) electrons. The lowest BCUT2D eigenvalue weighted by Gasteiger charge is -2.16. The first kappa shape index (κ1) is 10.5. The molecule has 0 saturated carbocycles. The molecule has 80 valence electrons. The fourth-order valence-corrected chi connectivity index (χ4v) is 2.38. The highest BCUT2D eigenvalue weighted by atomic mass is 32.2. The number of carbonyl (C=O) groups excluding carboxylic acids is 1. The summed E-state index contributed by atoms with van der Waals surface area (Å²) in [5, 5.41) is 0. The van der Waals surface area contributed by atoms with E-state index in [0.717, 1.165) is 12.1 Å². The van der Waals surface area contributed by atoms with Gasteiger partial charge in [-0.3, -0.25) is 4.79 Å². The van der Waals surface area contributed by atoms with Crippen LogP contribution >= 0.6 is 11.8 Å². The van der Waals surface area contributed by atoms with Crippen LogP contribution in [0.5, 0.6) is 0 Å². The van der Waals surface area contributed by atoms with E-state index in [1.165, 1.54) is 17.8 Å². The molecule has 5 heteroatoms. The van der Waals surface area contributed by atoms with E-state index >= 15 is 0 Å². The third-order valence-corrected chi connectivity index (χ3v) is 3.21. The number of hydrogen-bond donors (Lipinski definition) is 0. The second-order valence-electron chi connectivity index (χ2n) is 3.29. The average Bonchev–Trinajstić information content (AvgIpc) is 2.16. The molecule has 1 aliphatic rings. The fraction of sp³-hybridized carbons (Fsp3) is 0.300. The Kier molecular flexibility index (Phi) is 2.50. The highest BCUT2D eigenvalue weighted by Crippen LogP contribution is 2.33. The van der Waals surface area contributed by atoms with Crippen molar-refractivity contribution in [3.63, 3.8) is 0 Å². The lowest BCUT2D eigenvalue weighted by Crippen LogP contribution is -2.14. The van der Waals surface area contributed by atoms with Gasteiger partial charge in [0.15, 0.2) is 5.78 Å². The van der Waals surface area contributed by atoms with Crippen LogP contribution in [0.25, 0.3) is 0 Å². The van der Waals surface area contributed by atoms with Gasteiger partial charge in [-0.1, -0.05) is 6.07 Å². The first-order chi connectivity index (χ1) is 6.98. The molecule has 0 atom stereocenters. The van der Waals surface area contributed by atoms with Gasteiger partial charge < -0.3 is 0 Å². The number of rotatable bonds is 0. The fourth-order valence-electron chi connectivity index (χ4n) is 1.47. The average molecular weight is 232 g/mol. The zero-order valence-corrected chi connectivity index (χ0v) is 8.41. The van der Waals surface area contributed by atoms with Crippen LogP contribution in [0.1, 0.15) is 21.5 Å². The maximum absolute atomic E-state index is 12.4. The minimum absolute atomic E-state index is 0.215. The molecule has 1 heterocycles. The number of carbonyl (C=O) groups is 1. The van der Waals surface area contributed by atoms with Crippen LogP contribution < -0.4 is 0 Å². The summed E-state index contributed by atoms with van der Waals surface area (Å²) in [6.45, 7) is 0. The van der Waals surface area contributed by atoms with E-state index in [0.29, 0.717) is 11.3 Å². The number of Topliss-reactive ketones (excluding diaryl/α,β-unsaturated/α-hetero) is 1. The van der Waals surface area contributed by atoms with E-state index in [4.69, 9.17) is 0 Å². The van der Waals surface area contributed by atoms with Gasteiger partial charge in [0.2, 0.25) is 0 Å². The smallest absolute Gasteiger partial charge is 0.293 e. The number of thioether (sulfide) groups is 1. The second-order valence-corrected chi connectivity index (χ2v) is 4.27. The van der Waals surface area contributed by atoms with Crippen molar-refractivity contribution in [1.29, 1.82) is 0 Å². The van der Waals surface area contributed by atoms with Gasteiger partial charge in [0.25, 0.3) is 0 Å². The molecule has 0 unspecified atom stereocenters. The molecule has 1 aromatic carbocycles. The van der Waals surface area contributed by atoms with Gasteiger partial charge in [0, 0.05) is 11.3 Å². The van der Waals surface area contributed by atoms with Crippen LogP contribution in [0.2, 0.25) is 0 Å². The maximum Gasteiger partial charge on any atom is 0.416 e. The summed E-state index contributed by atoms with van der Waals surface area (Å²) < 4.78 is 37.1. The summed E-state index contributed by atoms with van der Waals surface area (Å²) in [6.07, 6.45) is -4.38. The van der Waals surface area contributed by atoms with Crippen molar-refractivity contribution in [1.82, 2.24) is 0 Å². The van der Waals surface area contributed by atoms with E-state index in [1.807, 2.05) is 0 Å². The Labute approximate surface area is 88.7 Å². The van der Waals surface area contributed by atoms with Gasteiger partial charge in [-0.2, -0.15) is 13.2 Å². The Morgan fingerprint density at radius 2 is 1.93 bits per heavy atom. The molecule has 0 fully saturated rings. The van der Waals surface area contributed by atoms with Crippen LogP contribution in [0.4, 0.5) is 13.2 Å². The highest BCUT2D eigenvalue weighted by Gasteiger charge is 2.32. The van der Waals surface area contributed by atoms with E-state index in [9.17, 15) is 18.0 Å². The number of ketones is 1. The van der Waals surface area contributed by atoms with Crippen LogP contribution in [0.15, 0.2) is 18.2 Å². The van der Waals surface area contributed by atoms with Crippen molar-refractivity contribution in [3.05, 3.63) is 34.9 Å². The van der Waals surface area contributed by atoms with Crippen molar-refractivity contribution in [2.24, 2.45) is 0 Å². The Balaban J connectivity index is 2.49. The minimum Gasteiger partial charge on any atom is -0.293 e. The number of alkyl halides is 3. The zero-order chi connectivity index (χ0) is 11.1. The van der Waals surface area contributed by atoms with E-state index in [2.05, 4.69) is 0 Å². The third-order valence-electron chi connectivity index (χ3n) is 2.23. The second kappa shape index (κ2) is 3.56. The molecule has 0 saturated heterocycles. The summed E-state index contributed by atoms with van der Waals surface area (Å²) in [5.74, 6) is 0.667. The van der Waals surface area contributed by atoms with E-state index < -0.39 is 11.7 Å². The Hall–Kier alpha value is -0.970. The van der Waals surface area contributed by atoms with Crippen LogP contribution in [0, 0.1) is 0 Å². The van der Waals surface area contributed by atoms with Gasteiger partial charge in [-0.25, -0.2) is 0 Å². The molecule has 2 rings (SSSR count). The molecule has 1 aliphatic heterocycles. The number of benzene rings is 1. The van der Waals surface area contributed by atoms with Crippen molar-refractivity contribution >= 4 is 17.5 Å². The van der Waals surface area contributed by atoms with E-state index in [-0.39, 0.29) is 17.1 Å². The maximum atomic E-state index is 12.4. The molecule has 0 bridgehead atoms. The van der Waals surface area contributed by atoms with Gasteiger partial charge in [0.1, 0.15) is 0 Å². The summed E-state index contributed by atoms with van der Waals surface area (Å²) in [6, 6.07) is 3.37. The van der Waals surface area contributed by atoms with Crippen molar-refractivity contribution in [2.45, 2.75) is 11.9 Å². The standard InChI is InChI=1S/C10H7F3OS/c11-10(12,13)7-2-1-6-4-15-5-9(14)8(6)3-7/h1-3H,4-5H2. The van der Waals surface area contributed by atoms with Gasteiger partial charge in [-0.05, 0) is 17.7 Å². The molecule has 0 aliphatic carbocycles. The molecule has 0 N–H and O–H groups in total. The Morgan fingerprint density at radius 3 is 2.60 bits per heavy atom. The first-order valence-corrected chi connectivity index (χ1v) is 5.45. The topological polar surface area (TPSA) is 17.1 Å². The minimum atomic E-state index is -4.38. The van der Waals surface area contributed by atoms with Crippen LogP contribution in [0.3, 0.4) is 0 Å². The Morgan fingerprint density at radius 1 is 1.20 bits per heavy atom. The van der Waals surface area contributed by atoms with Gasteiger partial charge >= 0.3 is 6.18 Å². The SMILES string of the molecule is O=C1CSCc2ccc(C(F)(F)F)cc21. The molecule has 0 spiro atoms. The highest BCUT2D eigenvalue weighted by molar-refractivity contribution is 7.99. The number of hydrogen-bond acceptors (Lipinski definition) is 2. The lowest BCUT2D eigenvalue weighted by molar-refractivity contribution is -0.137. The Bertz CT molecular complexity index is 412. The summed E-state index contributed by atoms with van der Waals surface area (Å²) in [4.78, 5) is 11.4. The lowest BCUT2D eigenvalue weighted by atomic mass is 10.0. The van der Waals surface area contributed by atoms with Crippen molar-refractivity contribution in [3.8, 4) is 0 Å². The van der Waals surface area contributed by atoms with Crippen molar-refractivity contribution in [2.75, 3.05) is 5.75 Å². The molecular formula is C10H7F3OS. The summed E-state index contributed by atoms with van der Waals surface area (Å²) >= 11 is 1.43. The van der Waals surface area contributed by atoms with Crippen molar-refractivity contribution < 1.29 is 18.0 Å². The summed E-state index contributed by atoms with van der Waals surface area (Å²) in [5.41, 5.74) is 0.175. The summed E-state index contributed by atoms with van der Waals surface area (Å²) in [7, 11) is 0. The zero-order valence-electron chi connectivity index (χ0n) is 7.60. The molecule has 0 amide bonds. The van der Waals surface area contributed by atoms with Crippen LogP contribution in [-0.4, -0.2) is 11.5 Å².